The second kappa shape index (κ2) is 2.13. The Bertz CT molecular complexity index is 58.6. The van der Waals surface area contributed by atoms with E-state index in [1.54, 1.807) is 0 Å². The monoisotopic (exact) mass is 103 g/mol. The normalized spacial score (nSPS) is 7.83. The summed E-state index contributed by atoms with van der Waals surface area (Å²) in [4.78, 5) is 1.84. The Morgan fingerprint density at radius 2 is 1.83 bits per heavy atom. The largest absolute Gasteiger partial charge is 0.373 e. The van der Waals surface area contributed by atoms with Gasteiger partial charge in [0.2, 0.25) is 0 Å². The standard InChI is InChI=1S/C4H9NS/c1-4(6)5(2)3/h6H,1H2,2-3H3. The fourth-order valence-corrected chi connectivity index (χ4v) is 0. The molecule has 0 aromatic carbocycles. The Hall–Kier alpha value is -0.110. The lowest BCUT2D eigenvalue weighted by Crippen LogP contribution is -2.04. The van der Waals surface area contributed by atoms with Crippen LogP contribution in [0.5, 0.6) is 0 Å². The fourth-order valence-electron chi connectivity index (χ4n) is 0. The molecule has 0 heterocycles. The molecule has 0 aromatic heterocycles. The number of nitrogens with zero attached hydrogens (tertiary/aromatic N) is 1. The predicted molar refractivity (Wildman–Crippen MR) is 31.8 cm³/mol. The molecular formula is C4H9NS. The first-order valence-electron chi connectivity index (χ1n) is 1.70. The van der Waals surface area contributed by atoms with Crippen LogP contribution in [0, 0.1) is 0 Å². The first kappa shape index (κ1) is 5.89. The van der Waals surface area contributed by atoms with Crippen LogP contribution in [-0.2, 0) is 0 Å². The molecule has 0 N–H and O–H groups in total. The lowest BCUT2D eigenvalue weighted by atomic mass is 10.8. The zero-order chi connectivity index (χ0) is 5.15. The van der Waals surface area contributed by atoms with Crippen molar-refractivity contribution in [3.63, 3.8) is 0 Å². The molecule has 0 saturated carbocycles. The Kier molecular flexibility index (Phi) is 2.09. The van der Waals surface area contributed by atoms with Gasteiger partial charge in [0.1, 0.15) is 0 Å². The molecule has 0 fully saturated rings. The van der Waals surface area contributed by atoms with Gasteiger partial charge in [0.25, 0.3) is 0 Å². The van der Waals surface area contributed by atoms with Crippen LogP contribution < -0.4 is 0 Å². The van der Waals surface area contributed by atoms with Gasteiger partial charge in [-0.15, -0.1) is 12.6 Å². The molecule has 0 spiro atoms. The molecule has 0 atom stereocenters. The van der Waals surface area contributed by atoms with Gasteiger partial charge in [0.15, 0.2) is 0 Å². The van der Waals surface area contributed by atoms with Crippen molar-refractivity contribution in [1.82, 2.24) is 4.90 Å². The quantitative estimate of drug-likeness (QED) is 0.483. The van der Waals surface area contributed by atoms with Crippen molar-refractivity contribution in [2.75, 3.05) is 14.1 Å². The molecule has 0 radical (unpaired) electrons. The minimum absolute atomic E-state index is 0.787. The first-order valence-corrected chi connectivity index (χ1v) is 2.14. The van der Waals surface area contributed by atoms with Crippen LogP contribution in [0.4, 0.5) is 0 Å². The highest BCUT2D eigenvalue weighted by Crippen LogP contribution is 1.95. The zero-order valence-electron chi connectivity index (χ0n) is 4.10. The minimum atomic E-state index is 0.787. The summed E-state index contributed by atoms with van der Waals surface area (Å²) in [5.41, 5.74) is 0. The van der Waals surface area contributed by atoms with E-state index in [1.165, 1.54) is 0 Å². The molecule has 0 aliphatic carbocycles. The number of rotatable bonds is 1. The van der Waals surface area contributed by atoms with E-state index in [0.29, 0.717) is 0 Å². The maximum atomic E-state index is 3.92. The molecular weight excluding hydrogens is 94.1 g/mol. The van der Waals surface area contributed by atoms with Crippen LogP contribution in [-0.4, -0.2) is 19.0 Å². The molecule has 2 heteroatoms. The van der Waals surface area contributed by atoms with Crippen molar-refractivity contribution in [1.29, 1.82) is 0 Å². The van der Waals surface area contributed by atoms with Gasteiger partial charge in [-0.05, 0) is 0 Å². The summed E-state index contributed by atoms with van der Waals surface area (Å²) >= 11 is 3.92. The molecule has 0 rings (SSSR count). The molecule has 1 nitrogen and oxygen atoms in total. The lowest BCUT2D eigenvalue weighted by Gasteiger charge is -2.07. The van der Waals surface area contributed by atoms with Gasteiger partial charge in [0, 0.05) is 14.1 Å². The van der Waals surface area contributed by atoms with Crippen LogP contribution in [0.3, 0.4) is 0 Å². The van der Waals surface area contributed by atoms with Crippen molar-refractivity contribution in [3.05, 3.63) is 11.6 Å². The molecule has 0 bridgehead atoms. The molecule has 0 unspecified atom stereocenters. The molecule has 36 valence electrons. The van der Waals surface area contributed by atoms with Gasteiger partial charge < -0.3 is 4.90 Å². The summed E-state index contributed by atoms with van der Waals surface area (Å²) in [7, 11) is 3.80. The Morgan fingerprint density at radius 1 is 1.67 bits per heavy atom. The Labute approximate surface area is 44.1 Å². The van der Waals surface area contributed by atoms with E-state index in [-0.39, 0.29) is 0 Å². The van der Waals surface area contributed by atoms with Crippen LogP contribution >= 0.6 is 12.6 Å². The Morgan fingerprint density at radius 3 is 1.83 bits per heavy atom. The number of hydrogen-bond acceptors (Lipinski definition) is 2. The van der Waals surface area contributed by atoms with Crippen LogP contribution in [0.1, 0.15) is 0 Å². The van der Waals surface area contributed by atoms with E-state index < -0.39 is 0 Å². The van der Waals surface area contributed by atoms with Crippen LogP contribution in [0.2, 0.25) is 0 Å². The summed E-state index contributed by atoms with van der Waals surface area (Å²) in [5.74, 6) is 0. The highest BCUT2D eigenvalue weighted by Gasteiger charge is 1.80. The number of hydrogen-bond donors (Lipinski definition) is 1. The predicted octanol–water partition coefficient (Wildman–Crippen LogP) is 0.949. The van der Waals surface area contributed by atoms with Gasteiger partial charge in [-0.2, -0.15) is 0 Å². The third kappa shape index (κ3) is 2.15. The average Bonchev–Trinajstić information content (AvgIpc) is 1.36. The summed E-state index contributed by atoms with van der Waals surface area (Å²) in [5, 5.41) is 0.787. The lowest BCUT2D eigenvalue weighted by molar-refractivity contribution is 0.553. The molecule has 0 aromatic rings. The second-order valence-corrected chi connectivity index (χ2v) is 1.83. The summed E-state index contributed by atoms with van der Waals surface area (Å²) in [6.45, 7) is 3.54. The average molecular weight is 103 g/mol. The molecule has 0 amide bonds. The molecule has 0 aliphatic rings. The second-order valence-electron chi connectivity index (χ2n) is 1.31. The third-order valence-electron chi connectivity index (χ3n) is 0.516. The van der Waals surface area contributed by atoms with Gasteiger partial charge in [0.05, 0.1) is 5.03 Å². The van der Waals surface area contributed by atoms with E-state index in [1.807, 2.05) is 19.0 Å². The van der Waals surface area contributed by atoms with E-state index in [2.05, 4.69) is 19.2 Å². The smallest absolute Gasteiger partial charge is 0.0597 e. The molecule has 6 heavy (non-hydrogen) atoms. The van der Waals surface area contributed by atoms with Crippen molar-refractivity contribution in [3.8, 4) is 0 Å². The molecule has 0 saturated heterocycles. The maximum Gasteiger partial charge on any atom is 0.0597 e. The first-order chi connectivity index (χ1) is 2.64. The van der Waals surface area contributed by atoms with Crippen LogP contribution in [0.25, 0.3) is 0 Å². The Balaban J connectivity index is 3.26. The van der Waals surface area contributed by atoms with E-state index in [0.717, 1.165) is 5.03 Å². The van der Waals surface area contributed by atoms with Crippen molar-refractivity contribution in [2.24, 2.45) is 0 Å². The van der Waals surface area contributed by atoms with Crippen molar-refractivity contribution in [2.45, 2.75) is 0 Å². The topological polar surface area (TPSA) is 3.24 Å². The highest BCUT2D eigenvalue weighted by atomic mass is 32.1. The SMILES string of the molecule is C=C(S)N(C)C. The van der Waals surface area contributed by atoms with E-state index in [9.17, 15) is 0 Å². The van der Waals surface area contributed by atoms with Crippen molar-refractivity contribution < 1.29 is 0 Å². The third-order valence-corrected chi connectivity index (χ3v) is 0.916. The van der Waals surface area contributed by atoms with Gasteiger partial charge >= 0.3 is 0 Å². The maximum absolute atomic E-state index is 3.92. The summed E-state index contributed by atoms with van der Waals surface area (Å²) in [6, 6.07) is 0. The fraction of sp³-hybridized carbons (Fsp3) is 0.500. The summed E-state index contributed by atoms with van der Waals surface area (Å²) in [6.07, 6.45) is 0. The van der Waals surface area contributed by atoms with Gasteiger partial charge in [-0.1, -0.05) is 6.58 Å². The van der Waals surface area contributed by atoms with Gasteiger partial charge in [-0.25, -0.2) is 0 Å². The van der Waals surface area contributed by atoms with E-state index in [4.69, 9.17) is 0 Å². The number of thiol groups is 1. The highest BCUT2D eigenvalue weighted by molar-refractivity contribution is 7.84. The minimum Gasteiger partial charge on any atom is -0.373 e. The van der Waals surface area contributed by atoms with E-state index >= 15 is 0 Å². The summed E-state index contributed by atoms with van der Waals surface area (Å²) < 4.78 is 0. The van der Waals surface area contributed by atoms with Crippen molar-refractivity contribution >= 4 is 12.6 Å². The zero-order valence-corrected chi connectivity index (χ0v) is 5.00. The van der Waals surface area contributed by atoms with Crippen LogP contribution in [0.15, 0.2) is 11.6 Å². The van der Waals surface area contributed by atoms with Gasteiger partial charge in [-0.3, -0.25) is 0 Å². The molecule has 0 aliphatic heterocycles.